The first-order valence-electron chi connectivity index (χ1n) is 7.99. The summed E-state index contributed by atoms with van der Waals surface area (Å²) in [5.41, 5.74) is 3.35. The first-order valence-corrected chi connectivity index (χ1v) is 7.99. The van der Waals surface area contributed by atoms with Crippen molar-refractivity contribution in [3.8, 4) is 0 Å². The number of rotatable bonds is 3. The summed E-state index contributed by atoms with van der Waals surface area (Å²) in [6, 6.07) is 10.1. The van der Waals surface area contributed by atoms with E-state index in [-0.39, 0.29) is 5.97 Å². The molecule has 1 heterocycles. The van der Waals surface area contributed by atoms with Crippen molar-refractivity contribution >= 4 is 12.0 Å². The number of hydrogen-bond donors (Lipinski definition) is 0. The molecule has 1 spiro atoms. The monoisotopic (exact) mass is 294 g/mol. The van der Waals surface area contributed by atoms with Gasteiger partial charge in [-0.25, -0.2) is 4.79 Å². The third kappa shape index (κ3) is 2.66. The van der Waals surface area contributed by atoms with Crippen LogP contribution in [0.2, 0.25) is 0 Å². The van der Waals surface area contributed by atoms with Crippen LogP contribution in [0.4, 0.5) is 0 Å². The molecule has 0 aromatic heterocycles. The Bertz CT molecular complexity index is 644. The fourth-order valence-corrected chi connectivity index (χ4v) is 3.60. The van der Waals surface area contributed by atoms with Crippen LogP contribution < -0.4 is 0 Å². The first kappa shape index (κ1) is 14.8. The van der Waals surface area contributed by atoms with Crippen LogP contribution in [-0.4, -0.2) is 11.6 Å². The minimum atomic E-state index is -0.419. The van der Waals surface area contributed by atoms with Gasteiger partial charge in [-0.3, -0.25) is 0 Å². The maximum absolute atomic E-state index is 12.1. The fourth-order valence-electron chi connectivity index (χ4n) is 3.60. The average molecular weight is 294 g/mol. The quantitative estimate of drug-likeness (QED) is 0.589. The Labute approximate surface area is 132 Å². The van der Waals surface area contributed by atoms with E-state index in [1.54, 1.807) is 0 Å². The summed E-state index contributed by atoms with van der Waals surface area (Å²) in [4.78, 5) is 12.1. The van der Waals surface area contributed by atoms with Crippen LogP contribution in [0.1, 0.15) is 44.6 Å². The smallest absolute Gasteiger partial charge is 0.335 e. The van der Waals surface area contributed by atoms with E-state index in [1.807, 2.05) is 37.3 Å². The van der Waals surface area contributed by atoms with E-state index < -0.39 is 5.60 Å². The second-order valence-electron chi connectivity index (χ2n) is 6.21. The van der Waals surface area contributed by atoms with Gasteiger partial charge < -0.3 is 4.74 Å². The predicted molar refractivity (Wildman–Crippen MR) is 89.2 cm³/mol. The second-order valence-corrected chi connectivity index (χ2v) is 6.21. The standard InChI is InChI=1S/C20H22O2/c1-15(11-12-17-9-5-3-6-10-17)18-16(2)19(21)22-20(18)13-7-4-8-14-20/h3,5-6,9-12H,1,4,7-8,13-14H2,2H3/b12-11+. The summed E-state index contributed by atoms with van der Waals surface area (Å²) in [5, 5.41) is 0. The highest BCUT2D eigenvalue weighted by atomic mass is 16.6. The number of carbonyl (C=O) groups excluding carboxylic acids is 1. The molecule has 22 heavy (non-hydrogen) atoms. The van der Waals surface area contributed by atoms with Crippen molar-refractivity contribution in [2.75, 3.05) is 0 Å². The lowest BCUT2D eigenvalue weighted by atomic mass is 9.76. The number of allylic oxidation sites excluding steroid dienone is 1. The number of carbonyl (C=O) groups is 1. The Morgan fingerprint density at radius 1 is 1.18 bits per heavy atom. The molecule has 2 aliphatic rings. The van der Waals surface area contributed by atoms with Crippen molar-refractivity contribution in [1.82, 2.24) is 0 Å². The molecule has 1 aromatic rings. The van der Waals surface area contributed by atoms with E-state index >= 15 is 0 Å². The summed E-state index contributed by atoms with van der Waals surface area (Å²) in [6.45, 7) is 6.07. The minimum absolute atomic E-state index is 0.175. The number of hydrogen-bond acceptors (Lipinski definition) is 2. The van der Waals surface area contributed by atoms with Crippen LogP contribution in [0.3, 0.4) is 0 Å². The largest absolute Gasteiger partial charge is 0.451 e. The molecular weight excluding hydrogens is 272 g/mol. The van der Waals surface area contributed by atoms with E-state index in [1.165, 1.54) is 6.42 Å². The lowest BCUT2D eigenvalue weighted by Crippen LogP contribution is -2.35. The number of esters is 1. The molecule has 1 saturated carbocycles. The minimum Gasteiger partial charge on any atom is -0.451 e. The molecule has 0 atom stereocenters. The topological polar surface area (TPSA) is 26.3 Å². The molecule has 1 aromatic carbocycles. The third-order valence-corrected chi connectivity index (χ3v) is 4.68. The highest BCUT2D eigenvalue weighted by molar-refractivity contribution is 5.94. The summed E-state index contributed by atoms with van der Waals surface area (Å²) >= 11 is 0. The van der Waals surface area contributed by atoms with Crippen molar-refractivity contribution in [2.45, 2.75) is 44.6 Å². The summed E-state index contributed by atoms with van der Waals surface area (Å²) in [7, 11) is 0. The fraction of sp³-hybridized carbons (Fsp3) is 0.350. The molecule has 0 bridgehead atoms. The normalized spacial score (nSPS) is 20.7. The summed E-state index contributed by atoms with van der Waals surface area (Å²) in [5.74, 6) is -0.175. The Morgan fingerprint density at radius 2 is 1.86 bits per heavy atom. The maximum Gasteiger partial charge on any atom is 0.335 e. The summed E-state index contributed by atoms with van der Waals surface area (Å²) in [6.07, 6.45) is 9.33. The van der Waals surface area contributed by atoms with Gasteiger partial charge in [-0.15, -0.1) is 0 Å². The van der Waals surface area contributed by atoms with E-state index in [0.29, 0.717) is 0 Å². The molecule has 0 N–H and O–H groups in total. The first-order chi connectivity index (χ1) is 10.6. The van der Waals surface area contributed by atoms with Crippen molar-refractivity contribution in [1.29, 1.82) is 0 Å². The highest BCUT2D eigenvalue weighted by Crippen LogP contribution is 2.46. The molecular formula is C20H22O2. The van der Waals surface area contributed by atoms with Gasteiger partial charge in [0.25, 0.3) is 0 Å². The van der Waals surface area contributed by atoms with Crippen molar-refractivity contribution in [3.63, 3.8) is 0 Å². The highest BCUT2D eigenvalue weighted by Gasteiger charge is 2.46. The molecule has 3 rings (SSSR count). The molecule has 1 aliphatic carbocycles. The molecule has 0 radical (unpaired) electrons. The Balaban J connectivity index is 1.88. The van der Waals surface area contributed by atoms with Gasteiger partial charge in [0.05, 0.1) is 0 Å². The lowest BCUT2D eigenvalue weighted by Gasteiger charge is -2.35. The van der Waals surface area contributed by atoms with E-state index in [2.05, 4.69) is 18.7 Å². The zero-order valence-electron chi connectivity index (χ0n) is 13.1. The molecule has 0 saturated heterocycles. The molecule has 1 fully saturated rings. The van der Waals surface area contributed by atoms with Crippen LogP contribution in [-0.2, 0) is 9.53 Å². The zero-order valence-corrected chi connectivity index (χ0v) is 13.1. The van der Waals surface area contributed by atoms with Gasteiger partial charge in [-0.05, 0) is 43.7 Å². The molecule has 2 nitrogen and oxygen atoms in total. The van der Waals surface area contributed by atoms with Gasteiger partial charge in [0.2, 0.25) is 0 Å². The van der Waals surface area contributed by atoms with Crippen LogP contribution in [0.15, 0.2) is 59.7 Å². The molecule has 0 amide bonds. The molecule has 0 unspecified atom stereocenters. The SMILES string of the molecule is C=C(/C=C/c1ccccc1)C1=C(C)C(=O)OC12CCCCC2. The van der Waals surface area contributed by atoms with Gasteiger partial charge in [0.15, 0.2) is 0 Å². The van der Waals surface area contributed by atoms with Gasteiger partial charge in [-0.1, -0.05) is 55.5 Å². The lowest BCUT2D eigenvalue weighted by molar-refractivity contribution is -0.149. The van der Waals surface area contributed by atoms with Crippen LogP contribution in [0.5, 0.6) is 0 Å². The number of benzene rings is 1. The van der Waals surface area contributed by atoms with Gasteiger partial charge in [0, 0.05) is 11.1 Å². The summed E-state index contributed by atoms with van der Waals surface area (Å²) < 4.78 is 5.78. The van der Waals surface area contributed by atoms with Crippen LogP contribution in [0.25, 0.3) is 6.08 Å². The van der Waals surface area contributed by atoms with Crippen LogP contribution in [0, 0.1) is 0 Å². The average Bonchev–Trinajstić information content (AvgIpc) is 2.77. The third-order valence-electron chi connectivity index (χ3n) is 4.68. The van der Waals surface area contributed by atoms with E-state index in [4.69, 9.17) is 4.74 Å². The Hall–Kier alpha value is -2.09. The molecule has 1 aliphatic heterocycles. The zero-order chi connectivity index (χ0) is 15.6. The van der Waals surface area contributed by atoms with Gasteiger partial charge >= 0.3 is 5.97 Å². The molecule has 2 heteroatoms. The van der Waals surface area contributed by atoms with Crippen molar-refractivity contribution in [3.05, 3.63) is 65.3 Å². The number of ether oxygens (including phenoxy) is 1. The van der Waals surface area contributed by atoms with Gasteiger partial charge in [-0.2, -0.15) is 0 Å². The second kappa shape index (κ2) is 5.96. The van der Waals surface area contributed by atoms with Crippen molar-refractivity contribution in [2.24, 2.45) is 0 Å². The maximum atomic E-state index is 12.1. The van der Waals surface area contributed by atoms with E-state index in [9.17, 15) is 4.79 Å². The predicted octanol–water partition coefficient (Wildman–Crippen LogP) is 4.83. The van der Waals surface area contributed by atoms with E-state index in [0.717, 1.165) is 48.0 Å². The molecule has 114 valence electrons. The van der Waals surface area contributed by atoms with Crippen molar-refractivity contribution < 1.29 is 9.53 Å². The Morgan fingerprint density at radius 3 is 2.55 bits per heavy atom. The van der Waals surface area contributed by atoms with Crippen LogP contribution >= 0.6 is 0 Å². The Kier molecular flexibility index (Phi) is 4.02. The van der Waals surface area contributed by atoms with Gasteiger partial charge in [0.1, 0.15) is 5.60 Å².